The lowest BCUT2D eigenvalue weighted by Gasteiger charge is -2.48. The summed E-state index contributed by atoms with van der Waals surface area (Å²) in [5.74, 6) is -15.4. The monoisotopic (exact) mass is 1620 g/mol. The number of aliphatic hydroxyl groups excluding tert-OH is 6. The summed E-state index contributed by atoms with van der Waals surface area (Å²) >= 11 is 14.3. The molecule has 18 atom stereocenters. The van der Waals surface area contributed by atoms with E-state index in [-0.39, 0.29) is 52.8 Å². The molecule has 34 nitrogen and oxygen atoms in total. The van der Waals surface area contributed by atoms with E-state index in [4.69, 9.17) is 62.1 Å². The number of phenols is 3. The Bertz CT molecular complexity index is 4650. The SMILES string of the molecule is C=CCCCOc1cccc(CN[C@@]2(C)C[C@H](O[C@H]3[C@H](Oc4c5cc6cc4Oc4ccc(cc4Cl)[C@@H](O)[C@@H](NC(=O)[C@@H](CC(C)C)NC)C(=O)N[C@@H](CC(N)=O)C(=O)N[C@H]6C(=O)N[C@H]4C(=O)N[C@H](C(=O)N[C@H](C(=O)O)c6cc(O)cc(O)c6-c6cc4ccc6O)[C@H](O)c4ccc(c(Cl)c4)O5)O[C@H](CO)[C@@H](O)[C@@H]3O)O[C@@H](C)[C@H]2O)c1. The number of nitrogens with one attached hydrogen (secondary N) is 8. The molecule has 114 heavy (non-hydrogen) atoms. The molecule has 0 unspecified atom stereocenters. The fourth-order valence-electron chi connectivity index (χ4n) is 14.1. The summed E-state index contributed by atoms with van der Waals surface area (Å²) in [5, 5.41) is 136. The van der Waals surface area contributed by atoms with Crippen molar-refractivity contribution in [3.05, 3.63) is 159 Å². The number of likely N-dealkylation sites (N-methyl/N-ethyl adjacent to an activating group) is 1. The molecule has 6 aromatic rings. The van der Waals surface area contributed by atoms with Gasteiger partial charge >= 0.3 is 5.97 Å². The number of aliphatic carboxylic acids is 1. The van der Waals surface area contributed by atoms with Crippen LogP contribution in [0.1, 0.15) is 124 Å². The van der Waals surface area contributed by atoms with Gasteiger partial charge in [0.05, 0.1) is 47.9 Å². The van der Waals surface area contributed by atoms with Crippen LogP contribution in [0.4, 0.5) is 0 Å². The van der Waals surface area contributed by atoms with Crippen molar-refractivity contribution in [3.63, 3.8) is 0 Å². The lowest BCUT2D eigenvalue weighted by atomic mass is 9.84. The molecule has 7 aliphatic heterocycles. The number of carboxylic acid groups (broad SMARTS) is 1. The maximum atomic E-state index is 16.2. The van der Waals surface area contributed by atoms with Crippen molar-refractivity contribution in [3.8, 4) is 62.9 Å². The molecule has 6 aromatic carbocycles. The molecular formula is C78H89Cl2N9O25. The Morgan fingerprint density at radius 2 is 1.39 bits per heavy atom. The molecule has 0 aromatic heterocycles. The molecule has 2 fully saturated rings. The second-order valence-corrected chi connectivity index (χ2v) is 29.7. The van der Waals surface area contributed by atoms with E-state index in [9.17, 15) is 75.0 Å². The van der Waals surface area contributed by atoms with Crippen LogP contribution in [0.2, 0.25) is 10.0 Å². The van der Waals surface area contributed by atoms with Crippen LogP contribution >= 0.6 is 23.2 Å². The van der Waals surface area contributed by atoms with E-state index < -0.39 is 237 Å². The molecule has 7 amide bonds. The normalized spacial score (nSPS) is 27.3. The van der Waals surface area contributed by atoms with Crippen LogP contribution in [-0.4, -0.2) is 198 Å². The van der Waals surface area contributed by atoms with Crippen LogP contribution in [0.3, 0.4) is 0 Å². The van der Waals surface area contributed by atoms with Crippen molar-refractivity contribution in [2.24, 2.45) is 11.7 Å². The number of carbonyl (C=O) groups is 8. The Hall–Kier alpha value is -10.4. The van der Waals surface area contributed by atoms with Gasteiger partial charge in [0.1, 0.15) is 95.2 Å². The molecule has 7 heterocycles. The maximum absolute atomic E-state index is 16.2. The molecule has 610 valence electrons. The lowest BCUT2D eigenvalue weighted by molar-refractivity contribution is -0.334. The minimum Gasteiger partial charge on any atom is -0.508 e. The van der Waals surface area contributed by atoms with E-state index in [1.165, 1.54) is 19.2 Å². The van der Waals surface area contributed by atoms with Crippen molar-refractivity contribution < 1.29 is 123 Å². The van der Waals surface area contributed by atoms with Crippen LogP contribution in [0, 0.1) is 5.92 Å². The molecule has 36 heteroatoms. The number of unbranched alkanes of at least 4 members (excludes halogenated alkanes) is 1. The third-order valence-electron chi connectivity index (χ3n) is 20.1. The van der Waals surface area contributed by atoms with Crippen molar-refractivity contribution in [1.82, 2.24) is 42.5 Å². The van der Waals surface area contributed by atoms with Gasteiger partial charge in [0.2, 0.25) is 53.4 Å². The minimum atomic E-state index is -2.36. The number of phenolic OH excluding ortho intramolecular Hbond substituents is 3. The Balaban J connectivity index is 1.11. The molecule has 7 aliphatic rings. The third kappa shape index (κ3) is 18.8. The number of amides is 7. The number of nitrogens with two attached hydrogens (primary N) is 1. The van der Waals surface area contributed by atoms with E-state index in [1.54, 1.807) is 26.0 Å². The second kappa shape index (κ2) is 35.9. The van der Waals surface area contributed by atoms with E-state index in [2.05, 4.69) is 49.1 Å². The van der Waals surface area contributed by atoms with Gasteiger partial charge in [-0.1, -0.05) is 73.5 Å². The van der Waals surface area contributed by atoms with Gasteiger partial charge in [-0.25, -0.2) is 4.79 Å². The highest BCUT2D eigenvalue weighted by molar-refractivity contribution is 6.32. The topological polar surface area (TPSA) is 526 Å². The van der Waals surface area contributed by atoms with Gasteiger partial charge in [-0.05, 0) is 141 Å². The molecule has 0 spiro atoms. The average Bonchev–Trinajstić information content (AvgIpc) is 0.757. The van der Waals surface area contributed by atoms with Crippen molar-refractivity contribution in [1.29, 1.82) is 0 Å². The Labute approximate surface area is 662 Å². The zero-order valence-corrected chi connectivity index (χ0v) is 63.6. The number of hydrogen-bond donors (Lipinski definition) is 19. The summed E-state index contributed by atoms with van der Waals surface area (Å²) < 4.78 is 45.4. The van der Waals surface area contributed by atoms with Gasteiger partial charge in [-0.2, -0.15) is 0 Å². The molecular weight excluding hydrogens is 1530 g/mol. The first-order chi connectivity index (χ1) is 54.2. The number of aliphatic hydroxyl groups is 6. The van der Waals surface area contributed by atoms with Crippen LogP contribution in [0.5, 0.6) is 51.7 Å². The molecule has 0 radical (unpaired) electrons. The predicted octanol–water partition coefficient (Wildman–Crippen LogP) is 3.28. The first-order valence-corrected chi connectivity index (χ1v) is 37.2. The van der Waals surface area contributed by atoms with Gasteiger partial charge in [0, 0.05) is 41.3 Å². The highest BCUT2D eigenvalue weighted by Gasteiger charge is 2.52. The van der Waals surface area contributed by atoms with Gasteiger partial charge in [-0.15, -0.1) is 6.58 Å². The first-order valence-electron chi connectivity index (χ1n) is 36.4. The fourth-order valence-corrected chi connectivity index (χ4v) is 14.6. The van der Waals surface area contributed by atoms with Crippen LogP contribution < -0.4 is 67.2 Å². The number of rotatable bonds is 21. The van der Waals surface area contributed by atoms with E-state index in [0.29, 0.717) is 12.4 Å². The molecule has 2 saturated heterocycles. The average molecular weight is 1620 g/mol. The number of primary amides is 1. The third-order valence-corrected chi connectivity index (χ3v) is 20.7. The van der Waals surface area contributed by atoms with Gasteiger partial charge < -0.3 is 132 Å². The van der Waals surface area contributed by atoms with E-state index >= 15 is 14.4 Å². The van der Waals surface area contributed by atoms with Crippen molar-refractivity contribution in [2.45, 2.75) is 176 Å². The summed E-state index contributed by atoms with van der Waals surface area (Å²) in [4.78, 5) is 118. The van der Waals surface area contributed by atoms with Crippen molar-refractivity contribution >= 4 is 70.5 Å². The van der Waals surface area contributed by atoms with E-state index in [0.717, 1.165) is 85.1 Å². The molecule has 20 N–H and O–H groups in total. The van der Waals surface area contributed by atoms with Crippen LogP contribution in [0.25, 0.3) is 11.1 Å². The number of ether oxygens (including phenoxy) is 7. The number of halogens is 2. The quantitative estimate of drug-likeness (QED) is 0.0363. The van der Waals surface area contributed by atoms with Gasteiger partial charge in [-0.3, -0.25) is 33.6 Å². The number of aromatic hydroxyl groups is 3. The molecule has 0 aliphatic carbocycles. The second-order valence-electron chi connectivity index (χ2n) is 28.9. The highest BCUT2D eigenvalue weighted by atomic mass is 35.5. The predicted molar refractivity (Wildman–Crippen MR) is 403 cm³/mol. The number of hydrogen-bond acceptors (Lipinski definition) is 26. The zero-order chi connectivity index (χ0) is 82.5. The first kappa shape index (κ1) is 84.5. The van der Waals surface area contributed by atoms with E-state index in [1.807, 2.05) is 32.0 Å². The molecule has 11 bridgehead atoms. The van der Waals surface area contributed by atoms with Crippen molar-refractivity contribution in [2.75, 3.05) is 20.3 Å². The molecule has 0 saturated carbocycles. The van der Waals surface area contributed by atoms with Crippen LogP contribution in [-0.2, 0) is 59.1 Å². The Morgan fingerprint density at radius 3 is 2.02 bits per heavy atom. The number of carbonyl (C=O) groups excluding carboxylic acids is 7. The lowest BCUT2D eigenvalue weighted by Crippen LogP contribution is -2.65. The number of benzene rings is 6. The number of fused-ring (bicyclic) bond motifs is 15. The summed E-state index contributed by atoms with van der Waals surface area (Å²) in [6, 6.07) is 6.64. The zero-order valence-electron chi connectivity index (χ0n) is 62.1. The maximum Gasteiger partial charge on any atom is 0.330 e. The van der Waals surface area contributed by atoms with Crippen LogP contribution in [0.15, 0.2) is 116 Å². The largest absolute Gasteiger partial charge is 0.508 e. The summed E-state index contributed by atoms with van der Waals surface area (Å²) in [6.07, 6.45) is -15.4. The number of allylic oxidation sites excluding steroid dienone is 1. The summed E-state index contributed by atoms with van der Waals surface area (Å²) in [7, 11) is 1.48. The Kier molecular flexibility index (Phi) is 26.6. The number of carboxylic acids is 1. The standard InChI is InChI=1S/C78H89Cl2N9O25/c1-7-8-9-19-108-41-12-10-11-35(21-41)31-83-78(5)30-56(109-34(4)69(78)99)113-68-66(98)65(97)54(32-90)112-77(68)114-67-52-25-39-26-53(67)111-51-18-15-38(24-45(51)80)64(96)62-75(105)87-60(76(106)107)43-27-40(91)28-49(93)57(43)42-22-36(13-16-48(42)92)58(72(102)89-62)86-73(103)59(39)85-71(101)47(29-55(81)94)84-74(104)61(88-70(100)46(82-6)20-33(2)3)63(95)37-14-17-50(110-52)44(79)23-37/h7,10-18,21-28,33-34,46-47,54,56,58-66,68-69,77,82-83,90-93,95-99H,1,8-9,19-20,29-32H2,2-6H3,(H2,81,94)(H,84,104)(H,85,101)(H,86,103)(H,87,105)(H,88,100)(H,89,102)(H,106,107)/t34-,46+,47-,54+,56-,58+,59+,60-,61+,62-,63+,64+,65+,66-,68+,69+,77-,78-/m0/s1. The summed E-state index contributed by atoms with van der Waals surface area (Å²) in [6.45, 7) is 10.3. The molecule has 13 rings (SSSR count). The fraction of sp³-hybridized carbons (Fsp3) is 0.410. The summed E-state index contributed by atoms with van der Waals surface area (Å²) in [5.41, 5.74) is 2.45. The minimum absolute atomic E-state index is 0.106. The highest BCUT2D eigenvalue weighted by Crippen LogP contribution is 2.50. The Morgan fingerprint density at radius 1 is 0.737 bits per heavy atom. The smallest absolute Gasteiger partial charge is 0.330 e. The van der Waals surface area contributed by atoms with Gasteiger partial charge in [0.15, 0.2) is 29.9 Å². The van der Waals surface area contributed by atoms with Gasteiger partial charge in [0.25, 0.3) is 0 Å².